The summed E-state index contributed by atoms with van der Waals surface area (Å²) in [5.41, 5.74) is 0.758. The lowest BCUT2D eigenvalue weighted by atomic mass is 10.2. The van der Waals surface area contributed by atoms with Crippen LogP contribution in [-0.2, 0) is 9.53 Å². The summed E-state index contributed by atoms with van der Waals surface area (Å²) in [6.07, 6.45) is 3.79. The number of halogens is 1. The lowest BCUT2D eigenvalue weighted by Crippen LogP contribution is -2.41. The van der Waals surface area contributed by atoms with Crippen LogP contribution in [0.5, 0.6) is 0 Å². The van der Waals surface area contributed by atoms with E-state index in [0.29, 0.717) is 24.6 Å². The van der Waals surface area contributed by atoms with Gasteiger partial charge in [-0.3, -0.25) is 9.79 Å². The van der Waals surface area contributed by atoms with E-state index in [0.717, 1.165) is 37.1 Å². The van der Waals surface area contributed by atoms with Crippen molar-refractivity contribution >= 4 is 29.2 Å². The Bertz CT molecular complexity index is 588. The van der Waals surface area contributed by atoms with Gasteiger partial charge in [0.1, 0.15) is 0 Å². The molecule has 1 aliphatic rings. The molecule has 1 fully saturated rings. The molecule has 1 aromatic rings. The molecule has 1 aliphatic carbocycles. The van der Waals surface area contributed by atoms with Crippen LogP contribution in [0.25, 0.3) is 0 Å². The highest BCUT2D eigenvalue weighted by molar-refractivity contribution is 6.30. The molecular weight excluding hydrogens is 352 g/mol. The molecule has 0 bridgehead atoms. The zero-order valence-corrected chi connectivity index (χ0v) is 16.4. The summed E-state index contributed by atoms with van der Waals surface area (Å²) in [6, 6.07) is 7.10. The molecule has 1 saturated carbocycles. The van der Waals surface area contributed by atoms with E-state index in [1.807, 2.05) is 11.9 Å². The molecule has 7 heteroatoms. The van der Waals surface area contributed by atoms with Crippen molar-refractivity contribution in [1.29, 1.82) is 0 Å². The summed E-state index contributed by atoms with van der Waals surface area (Å²) >= 11 is 5.83. The number of amides is 1. The molecule has 0 atom stereocenters. The normalized spacial score (nSPS) is 14.2. The van der Waals surface area contributed by atoms with E-state index in [-0.39, 0.29) is 5.91 Å². The van der Waals surface area contributed by atoms with Crippen molar-refractivity contribution in [1.82, 2.24) is 10.2 Å². The first-order chi connectivity index (χ1) is 12.6. The SMILES string of the molecule is CN=C(NCCCC(=O)Nc1ccc(Cl)cc1)N(C)CCOCC1CC1. The van der Waals surface area contributed by atoms with Crippen molar-refractivity contribution in [3.8, 4) is 0 Å². The van der Waals surface area contributed by atoms with E-state index in [1.54, 1.807) is 31.3 Å². The highest BCUT2D eigenvalue weighted by Crippen LogP contribution is 2.28. The number of benzene rings is 1. The average molecular weight is 381 g/mol. The number of nitrogens with one attached hydrogen (secondary N) is 2. The second-order valence-electron chi connectivity index (χ2n) is 6.57. The summed E-state index contributed by atoms with van der Waals surface area (Å²) in [5.74, 6) is 1.60. The predicted molar refractivity (Wildman–Crippen MR) is 107 cm³/mol. The van der Waals surface area contributed by atoms with Crippen LogP contribution in [0, 0.1) is 5.92 Å². The molecule has 2 rings (SSSR count). The molecule has 1 amide bonds. The molecule has 6 nitrogen and oxygen atoms in total. The minimum absolute atomic E-state index is 0.00839. The third kappa shape index (κ3) is 8.06. The number of rotatable bonds is 10. The average Bonchev–Trinajstić information content (AvgIpc) is 3.45. The van der Waals surface area contributed by atoms with Gasteiger partial charge in [0.2, 0.25) is 5.91 Å². The highest BCUT2D eigenvalue weighted by Gasteiger charge is 2.21. The first-order valence-corrected chi connectivity index (χ1v) is 9.51. The standard InChI is InChI=1S/C19H29ClN4O2/c1-21-19(24(2)12-13-26-14-15-5-6-15)22-11-3-4-18(25)23-17-9-7-16(20)8-10-17/h7-10,15H,3-6,11-14H2,1-2H3,(H,21,22)(H,23,25). The Hall–Kier alpha value is -1.79. The number of nitrogens with zero attached hydrogens (tertiary/aromatic N) is 2. The number of ether oxygens (including phenoxy) is 1. The molecule has 0 radical (unpaired) electrons. The zero-order valence-electron chi connectivity index (χ0n) is 15.6. The summed E-state index contributed by atoms with van der Waals surface area (Å²) < 4.78 is 5.66. The first kappa shape index (κ1) is 20.5. The van der Waals surface area contributed by atoms with Crippen LogP contribution in [0.4, 0.5) is 5.69 Å². The molecule has 0 saturated heterocycles. The summed E-state index contributed by atoms with van der Waals surface area (Å²) in [6.45, 7) is 3.07. The first-order valence-electron chi connectivity index (χ1n) is 9.13. The van der Waals surface area contributed by atoms with Gasteiger partial charge >= 0.3 is 0 Å². The van der Waals surface area contributed by atoms with Gasteiger partial charge in [-0.1, -0.05) is 11.6 Å². The monoisotopic (exact) mass is 380 g/mol. The number of anilines is 1. The van der Waals surface area contributed by atoms with E-state index >= 15 is 0 Å². The number of hydrogen-bond donors (Lipinski definition) is 2. The van der Waals surface area contributed by atoms with Crippen molar-refractivity contribution in [2.75, 3.05) is 45.7 Å². The van der Waals surface area contributed by atoms with Gasteiger partial charge < -0.3 is 20.3 Å². The van der Waals surface area contributed by atoms with Crippen molar-refractivity contribution in [3.05, 3.63) is 29.3 Å². The Balaban J connectivity index is 1.57. The molecule has 144 valence electrons. The van der Waals surface area contributed by atoms with Crippen molar-refractivity contribution in [2.24, 2.45) is 10.9 Å². The number of likely N-dealkylation sites (N-methyl/N-ethyl adjacent to an activating group) is 1. The van der Waals surface area contributed by atoms with E-state index in [4.69, 9.17) is 16.3 Å². The van der Waals surface area contributed by atoms with Crippen molar-refractivity contribution in [3.63, 3.8) is 0 Å². The van der Waals surface area contributed by atoms with Crippen LogP contribution < -0.4 is 10.6 Å². The van der Waals surface area contributed by atoms with Gasteiger partial charge in [0, 0.05) is 50.9 Å². The predicted octanol–water partition coefficient (Wildman–Crippen LogP) is 2.99. The Morgan fingerprint density at radius 3 is 2.73 bits per heavy atom. The maximum absolute atomic E-state index is 12.0. The van der Waals surface area contributed by atoms with Crippen LogP contribution in [0.2, 0.25) is 5.02 Å². The molecular formula is C19H29ClN4O2. The molecule has 26 heavy (non-hydrogen) atoms. The number of guanidine groups is 1. The fourth-order valence-electron chi connectivity index (χ4n) is 2.43. The lowest BCUT2D eigenvalue weighted by Gasteiger charge is -2.22. The largest absolute Gasteiger partial charge is 0.379 e. The van der Waals surface area contributed by atoms with Crippen molar-refractivity contribution < 1.29 is 9.53 Å². The molecule has 0 spiro atoms. The maximum Gasteiger partial charge on any atom is 0.224 e. The summed E-state index contributed by atoms with van der Waals surface area (Å²) in [5, 5.41) is 6.79. The Labute approximate surface area is 161 Å². The Morgan fingerprint density at radius 1 is 1.35 bits per heavy atom. The van der Waals surface area contributed by atoms with Gasteiger partial charge in [0.15, 0.2) is 5.96 Å². The molecule has 0 heterocycles. The second-order valence-corrected chi connectivity index (χ2v) is 7.01. The molecule has 2 N–H and O–H groups in total. The lowest BCUT2D eigenvalue weighted by molar-refractivity contribution is -0.116. The molecule has 1 aromatic carbocycles. The molecule has 0 aliphatic heterocycles. The summed E-state index contributed by atoms with van der Waals surface area (Å²) in [4.78, 5) is 18.3. The van der Waals surface area contributed by atoms with E-state index in [9.17, 15) is 4.79 Å². The van der Waals surface area contributed by atoms with E-state index in [1.165, 1.54) is 12.8 Å². The van der Waals surface area contributed by atoms with Crippen LogP contribution in [0.1, 0.15) is 25.7 Å². The quantitative estimate of drug-likeness (QED) is 0.372. The minimum Gasteiger partial charge on any atom is -0.379 e. The fourth-order valence-corrected chi connectivity index (χ4v) is 2.56. The van der Waals surface area contributed by atoms with E-state index in [2.05, 4.69) is 15.6 Å². The van der Waals surface area contributed by atoms with Crippen LogP contribution in [-0.4, -0.2) is 57.2 Å². The third-order valence-electron chi connectivity index (χ3n) is 4.19. The number of hydrogen-bond acceptors (Lipinski definition) is 3. The number of carbonyl (C=O) groups is 1. The highest BCUT2D eigenvalue weighted by atomic mass is 35.5. The Kier molecular flexibility index (Phi) is 8.71. The Morgan fingerprint density at radius 2 is 2.08 bits per heavy atom. The summed E-state index contributed by atoms with van der Waals surface area (Å²) in [7, 11) is 3.75. The van der Waals surface area contributed by atoms with Gasteiger partial charge in [0.25, 0.3) is 0 Å². The minimum atomic E-state index is -0.00839. The van der Waals surface area contributed by atoms with Crippen LogP contribution >= 0.6 is 11.6 Å². The van der Waals surface area contributed by atoms with Crippen LogP contribution in [0.15, 0.2) is 29.3 Å². The number of carbonyl (C=O) groups excluding carboxylic acids is 1. The van der Waals surface area contributed by atoms with Crippen LogP contribution in [0.3, 0.4) is 0 Å². The topological polar surface area (TPSA) is 66.0 Å². The smallest absolute Gasteiger partial charge is 0.224 e. The maximum atomic E-state index is 12.0. The zero-order chi connectivity index (χ0) is 18.8. The van der Waals surface area contributed by atoms with Gasteiger partial charge in [-0.05, 0) is 49.4 Å². The van der Waals surface area contributed by atoms with Gasteiger partial charge in [0.05, 0.1) is 6.61 Å². The van der Waals surface area contributed by atoms with E-state index < -0.39 is 0 Å². The third-order valence-corrected chi connectivity index (χ3v) is 4.44. The molecule has 0 unspecified atom stereocenters. The van der Waals surface area contributed by atoms with Gasteiger partial charge in [-0.2, -0.15) is 0 Å². The molecule has 0 aromatic heterocycles. The second kappa shape index (κ2) is 11.0. The fraction of sp³-hybridized carbons (Fsp3) is 0.579. The van der Waals surface area contributed by atoms with Gasteiger partial charge in [-0.15, -0.1) is 0 Å². The number of aliphatic imine (C=N–C) groups is 1. The van der Waals surface area contributed by atoms with Crippen molar-refractivity contribution in [2.45, 2.75) is 25.7 Å². The van der Waals surface area contributed by atoms with Gasteiger partial charge in [-0.25, -0.2) is 0 Å².